The molecule has 1 amide bonds. The van der Waals surface area contributed by atoms with Gasteiger partial charge >= 0.3 is 0 Å². The summed E-state index contributed by atoms with van der Waals surface area (Å²) >= 11 is 0. The Kier molecular flexibility index (Phi) is 7.91. The molecule has 0 saturated carbocycles. The Morgan fingerprint density at radius 2 is 1.72 bits per heavy atom. The summed E-state index contributed by atoms with van der Waals surface area (Å²) < 4.78 is 5.20. The van der Waals surface area contributed by atoms with Crippen LogP contribution in [-0.2, 0) is 9.53 Å². The van der Waals surface area contributed by atoms with Gasteiger partial charge in [0.1, 0.15) is 0 Å². The number of rotatable bonds is 8. The van der Waals surface area contributed by atoms with E-state index in [0.717, 1.165) is 13.0 Å². The molecule has 2 N–H and O–H groups in total. The molecule has 6 heteroatoms. The minimum Gasteiger partial charge on any atom is -0.395 e. The van der Waals surface area contributed by atoms with Crippen molar-refractivity contribution in [1.29, 1.82) is 0 Å². The molecule has 0 aliphatic carbocycles. The Balaban J connectivity index is 2.16. The minimum atomic E-state index is 0.0808. The number of ether oxygens (including phenoxy) is 1. The summed E-state index contributed by atoms with van der Waals surface area (Å²) in [7, 11) is 0. The first-order valence-corrected chi connectivity index (χ1v) is 6.57. The number of aliphatic hydroxyl groups is 2. The van der Waals surface area contributed by atoms with Crippen LogP contribution in [0, 0.1) is 0 Å². The second-order valence-corrected chi connectivity index (χ2v) is 4.39. The maximum atomic E-state index is 11.8. The van der Waals surface area contributed by atoms with E-state index in [9.17, 15) is 4.79 Å². The number of hydrogen-bond acceptors (Lipinski definition) is 5. The molecule has 0 bridgehead atoms. The fourth-order valence-corrected chi connectivity index (χ4v) is 2.04. The van der Waals surface area contributed by atoms with Crippen LogP contribution in [-0.4, -0.2) is 85.1 Å². The number of amides is 1. The zero-order valence-electron chi connectivity index (χ0n) is 10.9. The van der Waals surface area contributed by atoms with Crippen molar-refractivity contribution in [3.05, 3.63) is 0 Å². The molecule has 0 radical (unpaired) electrons. The fourth-order valence-electron chi connectivity index (χ4n) is 2.04. The van der Waals surface area contributed by atoms with Gasteiger partial charge < -0.3 is 19.8 Å². The highest BCUT2D eigenvalue weighted by atomic mass is 16.5. The van der Waals surface area contributed by atoms with Crippen molar-refractivity contribution >= 4 is 5.91 Å². The molecule has 0 spiro atoms. The van der Waals surface area contributed by atoms with E-state index in [-0.39, 0.29) is 19.1 Å². The summed E-state index contributed by atoms with van der Waals surface area (Å²) in [4.78, 5) is 15.7. The molecule has 106 valence electrons. The van der Waals surface area contributed by atoms with Crippen LogP contribution in [0.1, 0.15) is 12.8 Å². The predicted octanol–water partition coefficient (Wildman–Crippen LogP) is -1.09. The molecule has 0 atom stereocenters. The first kappa shape index (κ1) is 15.4. The van der Waals surface area contributed by atoms with Crippen LogP contribution < -0.4 is 0 Å². The second kappa shape index (κ2) is 9.27. The number of carbonyl (C=O) groups is 1. The highest BCUT2D eigenvalue weighted by molar-refractivity contribution is 5.76. The summed E-state index contributed by atoms with van der Waals surface area (Å²) in [6.07, 6.45) is 1.28. The molecule has 0 aromatic heterocycles. The lowest BCUT2D eigenvalue weighted by Crippen LogP contribution is -2.41. The van der Waals surface area contributed by atoms with E-state index in [4.69, 9.17) is 14.9 Å². The van der Waals surface area contributed by atoms with Crippen LogP contribution in [0.3, 0.4) is 0 Å². The molecular formula is C12H24N2O4. The Morgan fingerprint density at radius 3 is 2.28 bits per heavy atom. The van der Waals surface area contributed by atoms with Crippen LogP contribution in [0.25, 0.3) is 0 Å². The number of carbonyl (C=O) groups excluding carboxylic acids is 1. The van der Waals surface area contributed by atoms with Crippen molar-refractivity contribution < 1.29 is 19.7 Å². The number of nitrogens with zero attached hydrogens (tertiary/aromatic N) is 2. The van der Waals surface area contributed by atoms with Crippen molar-refractivity contribution in [1.82, 2.24) is 9.80 Å². The zero-order chi connectivity index (χ0) is 13.2. The van der Waals surface area contributed by atoms with Gasteiger partial charge in [0.2, 0.25) is 5.91 Å². The zero-order valence-corrected chi connectivity index (χ0v) is 10.9. The van der Waals surface area contributed by atoms with E-state index >= 15 is 0 Å². The normalized spacial score (nSPS) is 16.3. The smallest absolute Gasteiger partial charge is 0.222 e. The van der Waals surface area contributed by atoms with Crippen LogP contribution in [0.15, 0.2) is 0 Å². The van der Waals surface area contributed by atoms with Crippen molar-refractivity contribution in [2.24, 2.45) is 0 Å². The van der Waals surface area contributed by atoms with Gasteiger partial charge in [0, 0.05) is 32.6 Å². The SMILES string of the molecule is O=C(CCCN(CCO)CCO)N1CCOCC1. The van der Waals surface area contributed by atoms with Gasteiger partial charge in [-0.3, -0.25) is 9.69 Å². The lowest BCUT2D eigenvalue weighted by molar-refractivity contribution is -0.135. The summed E-state index contributed by atoms with van der Waals surface area (Å²) in [6, 6.07) is 0. The van der Waals surface area contributed by atoms with Crippen molar-refractivity contribution in [3.63, 3.8) is 0 Å². The van der Waals surface area contributed by atoms with Gasteiger partial charge in [-0.1, -0.05) is 0 Å². The molecular weight excluding hydrogens is 236 g/mol. The molecule has 1 heterocycles. The van der Waals surface area contributed by atoms with Gasteiger partial charge in [0.05, 0.1) is 26.4 Å². The summed E-state index contributed by atoms with van der Waals surface area (Å²) in [5.41, 5.74) is 0. The van der Waals surface area contributed by atoms with E-state index in [1.807, 2.05) is 9.80 Å². The van der Waals surface area contributed by atoms with E-state index in [1.165, 1.54) is 0 Å². The maximum Gasteiger partial charge on any atom is 0.222 e. The van der Waals surface area contributed by atoms with Crippen LogP contribution in [0.5, 0.6) is 0 Å². The topological polar surface area (TPSA) is 73.2 Å². The van der Waals surface area contributed by atoms with Gasteiger partial charge in [0.15, 0.2) is 0 Å². The Hall–Kier alpha value is -0.690. The van der Waals surface area contributed by atoms with E-state index in [1.54, 1.807) is 0 Å². The lowest BCUT2D eigenvalue weighted by atomic mass is 10.2. The number of aliphatic hydroxyl groups excluding tert-OH is 2. The van der Waals surface area contributed by atoms with E-state index in [2.05, 4.69) is 0 Å². The lowest BCUT2D eigenvalue weighted by Gasteiger charge is -2.27. The third-order valence-corrected chi connectivity index (χ3v) is 3.06. The van der Waals surface area contributed by atoms with Gasteiger partial charge in [-0.15, -0.1) is 0 Å². The van der Waals surface area contributed by atoms with Gasteiger partial charge in [-0.25, -0.2) is 0 Å². The Bertz CT molecular complexity index is 226. The minimum absolute atomic E-state index is 0.0808. The summed E-state index contributed by atoms with van der Waals surface area (Å²) in [6.45, 7) is 4.63. The average Bonchev–Trinajstić information content (AvgIpc) is 2.40. The monoisotopic (exact) mass is 260 g/mol. The molecule has 6 nitrogen and oxygen atoms in total. The van der Waals surface area contributed by atoms with Crippen LogP contribution >= 0.6 is 0 Å². The van der Waals surface area contributed by atoms with Gasteiger partial charge in [-0.05, 0) is 13.0 Å². The maximum absolute atomic E-state index is 11.8. The van der Waals surface area contributed by atoms with Crippen molar-refractivity contribution in [3.8, 4) is 0 Å². The summed E-state index contributed by atoms with van der Waals surface area (Å²) in [5, 5.41) is 17.7. The van der Waals surface area contributed by atoms with Crippen molar-refractivity contribution in [2.75, 3.05) is 59.2 Å². The molecule has 18 heavy (non-hydrogen) atoms. The molecule has 1 saturated heterocycles. The molecule has 0 unspecified atom stereocenters. The third-order valence-electron chi connectivity index (χ3n) is 3.06. The first-order chi connectivity index (χ1) is 8.77. The second-order valence-electron chi connectivity index (χ2n) is 4.39. The Morgan fingerprint density at radius 1 is 1.11 bits per heavy atom. The van der Waals surface area contributed by atoms with E-state index < -0.39 is 0 Å². The highest BCUT2D eigenvalue weighted by Crippen LogP contribution is 2.03. The first-order valence-electron chi connectivity index (χ1n) is 6.57. The largest absolute Gasteiger partial charge is 0.395 e. The summed E-state index contributed by atoms with van der Waals surface area (Å²) in [5.74, 6) is 0.172. The Labute approximate surface area is 108 Å². The fraction of sp³-hybridized carbons (Fsp3) is 0.917. The molecule has 1 fully saturated rings. The average molecular weight is 260 g/mol. The molecule has 1 aliphatic heterocycles. The molecule has 0 aromatic rings. The quantitative estimate of drug-likeness (QED) is 0.580. The molecule has 1 rings (SSSR count). The molecule has 1 aliphatic rings. The predicted molar refractivity (Wildman–Crippen MR) is 67.2 cm³/mol. The van der Waals surface area contributed by atoms with Crippen LogP contribution in [0.4, 0.5) is 0 Å². The molecule has 0 aromatic carbocycles. The van der Waals surface area contributed by atoms with Gasteiger partial charge in [-0.2, -0.15) is 0 Å². The highest BCUT2D eigenvalue weighted by Gasteiger charge is 2.16. The van der Waals surface area contributed by atoms with Gasteiger partial charge in [0.25, 0.3) is 0 Å². The van der Waals surface area contributed by atoms with Crippen LogP contribution in [0.2, 0.25) is 0 Å². The number of morpholine rings is 1. The third kappa shape index (κ3) is 5.77. The number of hydrogen-bond donors (Lipinski definition) is 2. The standard InChI is InChI=1S/C12H24N2O4/c15-8-4-13(5-9-16)3-1-2-12(17)14-6-10-18-11-7-14/h15-16H,1-11H2. The van der Waals surface area contributed by atoms with E-state index in [0.29, 0.717) is 45.8 Å². The van der Waals surface area contributed by atoms with Crippen molar-refractivity contribution in [2.45, 2.75) is 12.8 Å².